The van der Waals surface area contributed by atoms with Crippen molar-refractivity contribution in [3.8, 4) is 0 Å². The highest BCUT2D eigenvalue weighted by Gasteiger charge is 2.11. The van der Waals surface area contributed by atoms with Crippen LogP contribution in [0.1, 0.15) is 36.7 Å². The largest absolute Gasteiger partial charge is 0.427 e. The summed E-state index contributed by atoms with van der Waals surface area (Å²) < 4.78 is 6.86. The number of rotatable bonds is 5. The SMILES string of the molecule is C=C(CCCC)OC(=O)c1cccn1C. The number of carbonyl (C=O) groups excluding carboxylic acids is 1. The third-order valence-corrected chi connectivity index (χ3v) is 2.20. The quantitative estimate of drug-likeness (QED) is 0.549. The van der Waals surface area contributed by atoms with Crippen molar-refractivity contribution in [1.29, 1.82) is 0 Å². The maximum absolute atomic E-state index is 11.6. The van der Waals surface area contributed by atoms with Gasteiger partial charge < -0.3 is 9.30 Å². The van der Waals surface area contributed by atoms with Crippen LogP contribution in [0.3, 0.4) is 0 Å². The van der Waals surface area contributed by atoms with Crippen molar-refractivity contribution in [2.45, 2.75) is 26.2 Å². The summed E-state index contributed by atoms with van der Waals surface area (Å²) in [5.74, 6) is 0.214. The number of aryl methyl sites for hydroxylation is 1. The predicted molar refractivity (Wildman–Crippen MR) is 59.5 cm³/mol. The van der Waals surface area contributed by atoms with Crippen molar-refractivity contribution in [3.05, 3.63) is 36.4 Å². The molecule has 0 saturated heterocycles. The summed E-state index contributed by atoms with van der Waals surface area (Å²) in [6.07, 6.45) is 4.62. The zero-order valence-corrected chi connectivity index (χ0v) is 9.32. The summed E-state index contributed by atoms with van der Waals surface area (Å²) >= 11 is 0. The van der Waals surface area contributed by atoms with Gasteiger partial charge in [-0.25, -0.2) is 4.79 Å². The van der Waals surface area contributed by atoms with Crippen LogP contribution in [0, 0.1) is 0 Å². The Kier molecular flexibility index (Phi) is 4.16. The molecular weight excluding hydrogens is 190 g/mol. The monoisotopic (exact) mass is 207 g/mol. The number of hydrogen-bond donors (Lipinski definition) is 0. The average molecular weight is 207 g/mol. The molecule has 0 aliphatic heterocycles. The molecule has 15 heavy (non-hydrogen) atoms. The van der Waals surface area contributed by atoms with Gasteiger partial charge in [0.25, 0.3) is 0 Å². The van der Waals surface area contributed by atoms with Crippen molar-refractivity contribution in [1.82, 2.24) is 4.57 Å². The van der Waals surface area contributed by atoms with Gasteiger partial charge in [0.2, 0.25) is 0 Å². The minimum Gasteiger partial charge on any atom is -0.427 e. The minimum absolute atomic E-state index is 0.330. The maximum Gasteiger partial charge on any atom is 0.359 e. The number of nitrogens with zero attached hydrogens (tertiary/aromatic N) is 1. The van der Waals surface area contributed by atoms with Crippen molar-refractivity contribution < 1.29 is 9.53 Å². The van der Waals surface area contributed by atoms with Gasteiger partial charge in [0.1, 0.15) is 11.5 Å². The molecule has 3 heteroatoms. The molecule has 0 aliphatic carbocycles. The summed E-state index contributed by atoms with van der Waals surface area (Å²) in [6, 6.07) is 3.54. The molecule has 1 aromatic heterocycles. The summed E-state index contributed by atoms with van der Waals surface area (Å²) in [4.78, 5) is 11.6. The Morgan fingerprint density at radius 1 is 1.60 bits per heavy atom. The average Bonchev–Trinajstić information content (AvgIpc) is 2.61. The van der Waals surface area contributed by atoms with Gasteiger partial charge in [0.05, 0.1) is 0 Å². The Hall–Kier alpha value is -1.51. The summed E-state index contributed by atoms with van der Waals surface area (Å²) in [7, 11) is 1.81. The molecule has 0 spiro atoms. The first kappa shape index (κ1) is 11.6. The molecular formula is C12H17NO2. The Bertz CT molecular complexity index is 352. The van der Waals surface area contributed by atoms with E-state index in [1.165, 1.54) is 0 Å². The predicted octanol–water partition coefficient (Wildman–Crippen LogP) is 2.89. The van der Waals surface area contributed by atoms with E-state index in [4.69, 9.17) is 4.74 Å². The van der Waals surface area contributed by atoms with Gasteiger partial charge in [-0.3, -0.25) is 0 Å². The third kappa shape index (κ3) is 3.27. The number of hydrogen-bond acceptors (Lipinski definition) is 2. The molecule has 0 fully saturated rings. The molecule has 1 rings (SSSR count). The maximum atomic E-state index is 11.6. The van der Waals surface area contributed by atoms with E-state index in [2.05, 4.69) is 13.5 Å². The lowest BCUT2D eigenvalue weighted by atomic mass is 10.2. The van der Waals surface area contributed by atoms with Crippen LogP contribution in [-0.4, -0.2) is 10.5 Å². The third-order valence-electron chi connectivity index (χ3n) is 2.20. The number of unbranched alkanes of at least 4 members (excludes halogenated alkanes) is 1. The number of ether oxygens (including phenoxy) is 1. The molecule has 82 valence electrons. The first-order valence-corrected chi connectivity index (χ1v) is 5.16. The minimum atomic E-state index is -0.330. The molecule has 0 N–H and O–H groups in total. The van der Waals surface area contributed by atoms with E-state index < -0.39 is 0 Å². The first-order valence-electron chi connectivity index (χ1n) is 5.16. The number of esters is 1. The molecule has 0 bridgehead atoms. The molecule has 0 amide bonds. The number of aromatic nitrogens is 1. The molecule has 0 radical (unpaired) electrons. The van der Waals surface area contributed by atoms with Gasteiger partial charge in [-0.05, 0) is 18.6 Å². The van der Waals surface area contributed by atoms with Crippen LogP contribution in [-0.2, 0) is 11.8 Å². The van der Waals surface area contributed by atoms with E-state index in [1.807, 2.05) is 19.3 Å². The van der Waals surface area contributed by atoms with Gasteiger partial charge in [0.15, 0.2) is 0 Å². The smallest absolute Gasteiger partial charge is 0.359 e. The van der Waals surface area contributed by atoms with Crippen LogP contribution in [0.2, 0.25) is 0 Å². The van der Waals surface area contributed by atoms with Gasteiger partial charge in [-0.1, -0.05) is 19.9 Å². The Balaban J connectivity index is 2.49. The number of allylic oxidation sites excluding steroid dienone is 1. The van der Waals surface area contributed by atoms with Crippen LogP contribution in [0.5, 0.6) is 0 Å². The van der Waals surface area contributed by atoms with Crippen LogP contribution < -0.4 is 0 Å². The second-order valence-electron chi connectivity index (χ2n) is 3.54. The second-order valence-corrected chi connectivity index (χ2v) is 3.54. The van der Waals surface area contributed by atoms with Crippen LogP contribution in [0.15, 0.2) is 30.7 Å². The fraction of sp³-hybridized carbons (Fsp3) is 0.417. The molecule has 0 saturated carbocycles. The van der Waals surface area contributed by atoms with Gasteiger partial charge in [-0.2, -0.15) is 0 Å². The lowest BCUT2D eigenvalue weighted by Gasteiger charge is -2.07. The van der Waals surface area contributed by atoms with Gasteiger partial charge in [0, 0.05) is 19.7 Å². The van der Waals surface area contributed by atoms with E-state index in [0.717, 1.165) is 19.3 Å². The lowest BCUT2D eigenvalue weighted by Crippen LogP contribution is -2.09. The van der Waals surface area contributed by atoms with Gasteiger partial charge >= 0.3 is 5.97 Å². The van der Waals surface area contributed by atoms with E-state index in [0.29, 0.717) is 11.5 Å². The standard InChI is InChI=1S/C12H17NO2/c1-4-5-7-10(2)15-12(14)11-8-6-9-13(11)3/h6,8-9H,2,4-5,7H2,1,3H3. The zero-order chi connectivity index (χ0) is 11.3. The Morgan fingerprint density at radius 3 is 2.87 bits per heavy atom. The Morgan fingerprint density at radius 2 is 2.33 bits per heavy atom. The van der Waals surface area contributed by atoms with E-state index >= 15 is 0 Å². The first-order chi connectivity index (χ1) is 7.15. The van der Waals surface area contributed by atoms with Crippen molar-refractivity contribution >= 4 is 5.97 Å². The molecule has 1 heterocycles. The lowest BCUT2D eigenvalue weighted by molar-refractivity contribution is 0.0604. The normalized spacial score (nSPS) is 10.0. The Labute approximate surface area is 90.4 Å². The summed E-state index contributed by atoms with van der Waals surface area (Å²) in [6.45, 7) is 5.81. The van der Waals surface area contributed by atoms with E-state index in [1.54, 1.807) is 10.6 Å². The topological polar surface area (TPSA) is 31.2 Å². The molecule has 3 nitrogen and oxygen atoms in total. The van der Waals surface area contributed by atoms with E-state index in [9.17, 15) is 4.79 Å². The number of carbonyl (C=O) groups is 1. The summed E-state index contributed by atoms with van der Waals surface area (Å²) in [5, 5.41) is 0. The van der Waals surface area contributed by atoms with E-state index in [-0.39, 0.29) is 5.97 Å². The molecule has 0 unspecified atom stereocenters. The van der Waals surface area contributed by atoms with Crippen LogP contribution >= 0.6 is 0 Å². The molecule has 0 aromatic carbocycles. The molecule has 0 aliphatic rings. The fourth-order valence-electron chi connectivity index (χ4n) is 1.28. The molecule has 1 aromatic rings. The molecule has 0 atom stereocenters. The van der Waals surface area contributed by atoms with Crippen molar-refractivity contribution in [2.24, 2.45) is 7.05 Å². The van der Waals surface area contributed by atoms with Gasteiger partial charge in [-0.15, -0.1) is 0 Å². The highest BCUT2D eigenvalue weighted by Crippen LogP contribution is 2.10. The van der Waals surface area contributed by atoms with Crippen molar-refractivity contribution in [2.75, 3.05) is 0 Å². The van der Waals surface area contributed by atoms with Crippen LogP contribution in [0.4, 0.5) is 0 Å². The highest BCUT2D eigenvalue weighted by atomic mass is 16.5. The fourth-order valence-corrected chi connectivity index (χ4v) is 1.28. The van der Waals surface area contributed by atoms with Crippen molar-refractivity contribution in [3.63, 3.8) is 0 Å². The summed E-state index contributed by atoms with van der Waals surface area (Å²) in [5.41, 5.74) is 0.549. The second kappa shape index (κ2) is 5.39. The highest BCUT2D eigenvalue weighted by molar-refractivity contribution is 5.88. The van der Waals surface area contributed by atoms with Crippen LogP contribution in [0.25, 0.3) is 0 Å². The zero-order valence-electron chi connectivity index (χ0n) is 9.32.